The number of nitrogens with one attached hydrogen (secondary N) is 1. The van der Waals surface area contributed by atoms with E-state index in [1.165, 1.54) is 41.6 Å². The summed E-state index contributed by atoms with van der Waals surface area (Å²) in [6.07, 6.45) is -6.35. The summed E-state index contributed by atoms with van der Waals surface area (Å²) in [7, 11) is 0. The number of hydrogen-bond donors (Lipinski definition) is 1. The molecule has 9 heteroatoms. The summed E-state index contributed by atoms with van der Waals surface area (Å²) in [5.74, 6) is -1.87. The van der Waals surface area contributed by atoms with Crippen LogP contribution in [0, 0.1) is 0 Å². The topological polar surface area (TPSA) is 59.8 Å². The maximum absolute atomic E-state index is 14.1. The molecule has 3 rings (SSSR count). The number of nitrogens with zero attached hydrogens (tertiary/aromatic N) is 3. The standard InChI is InChI=1S/C17H18F4N4O/c1-9(25-8-22-7-23-25)17(26)24-11-4-2-10(3-5-11)14-15(20)12(18)6-13(19)16(14)21/h2-5,7-9,12-16H,6H2,1H3,(H,24,26)/t9?,12-,13+,14?,15-,16+. The molecule has 0 spiro atoms. The van der Waals surface area contributed by atoms with Crippen molar-refractivity contribution in [2.45, 2.75) is 50.0 Å². The Labute approximate surface area is 147 Å². The van der Waals surface area contributed by atoms with Crippen molar-refractivity contribution >= 4 is 11.6 Å². The molecule has 2 aromatic rings. The van der Waals surface area contributed by atoms with E-state index in [0.29, 0.717) is 5.69 Å². The van der Waals surface area contributed by atoms with E-state index in [4.69, 9.17) is 0 Å². The Morgan fingerprint density at radius 3 is 2.31 bits per heavy atom. The van der Waals surface area contributed by atoms with E-state index in [2.05, 4.69) is 15.4 Å². The van der Waals surface area contributed by atoms with Gasteiger partial charge in [0, 0.05) is 12.1 Å². The zero-order valence-corrected chi connectivity index (χ0v) is 13.9. The number of carbonyl (C=O) groups excluding carboxylic acids is 1. The predicted octanol–water partition coefficient (Wildman–Crippen LogP) is 3.32. The smallest absolute Gasteiger partial charge is 0.249 e. The summed E-state index contributed by atoms with van der Waals surface area (Å²) in [4.78, 5) is 15.9. The van der Waals surface area contributed by atoms with Gasteiger partial charge in [-0.2, -0.15) is 5.10 Å². The number of alkyl halides is 4. The van der Waals surface area contributed by atoms with Gasteiger partial charge in [-0.1, -0.05) is 12.1 Å². The van der Waals surface area contributed by atoms with Crippen LogP contribution in [-0.2, 0) is 4.79 Å². The largest absolute Gasteiger partial charge is 0.324 e. The van der Waals surface area contributed by atoms with Crippen molar-refractivity contribution in [1.29, 1.82) is 0 Å². The number of benzene rings is 1. The zero-order valence-electron chi connectivity index (χ0n) is 13.9. The van der Waals surface area contributed by atoms with Gasteiger partial charge in [0.1, 0.15) is 43.4 Å². The minimum atomic E-state index is -2.11. The van der Waals surface area contributed by atoms with E-state index in [0.717, 1.165) is 0 Å². The molecule has 6 atom stereocenters. The number of amides is 1. The second kappa shape index (κ2) is 7.43. The number of hydrogen-bond acceptors (Lipinski definition) is 3. The van der Waals surface area contributed by atoms with Crippen LogP contribution < -0.4 is 5.32 Å². The van der Waals surface area contributed by atoms with Crippen LogP contribution in [0.1, 0.15) is 30.9 Å². The molecule has 1 aliphatic rings. The molecule has 0 bridgehead atoms. The maximum Gasteiger partial charge on any atom is 0.249 e. The van der Waals surface area contributed by atoms with Crippen LogP contribution in [-0.4, -0.2) is 45.4 Å². The lowest BCUT2D eigenvalue weighted by atomic mass is 9.79. The number of carbonyl (C=O) groups is 1. The highest BCUT2D eigenvalue weighted by atomic mass is 19.2. The van der Waals surface area contributed by atoms with Crippen LogP contribution in [0.3, 0.4) is 0 Å². The molecule has 1 amide bonds. The van der Waals surface area contributed by atoms with E-state index in [-0.39, 0.29) is 11.5 Å². The molecule has 1 N–H and O–H groups in total. The Morgan fingerprint density at radius 1 is 1.15 bits per heavy atom. The van der Waals surface area contributed by atoms with Crippen LogP contribution >= 0.6 is 0 Å². The summed E-state index contributed by atoms with van der Waals surface area (Å²) < 4.78 is 56.6. The molecule has 1 aromatic carbocycles. The number of halogens is 4. The SMILES string of the molecule is CC(C(=O)Nc1ccc(C2[C@@H](F)[C@@H](F)C[C@@H](F)[C@H]2F)cc1)n1cncn1. The first-order valence-electron chi connectivity index (χ1n) is 8.19. The first-order valence-corrected chi connectivity index (χ1v) is 8.19. The average molecular weight is 370 g/mol. The lowest BCUT2D eigenvalue weighted by molar-refractivity contribution is -0.119. The highest BCUT2D eigenvalue weighted by Gasteiger charge is 2.47. The first kappa shape index (κ1) is 18.3. The average Bonchev–Trinajstić information content (AvgIpc) is 3.15. The second-order valence-corrected chi connectivity index (χ2v) is 6.35. The van der Waals surface area contributed by atoms with Crippen molar-refractivity contribution in [2.75, 3.05) is 5.32 Å². The normalized spacial score (nSPS) is 30.0. The van der Waals surface area contributed by atoms with Crippen LogP contribution in [0.5, 0.6) is 0 Å². The number of rotatable bonds is 4. The quantitative estimate of drug-likeness (QED) is 0.840. The summed E-state index contributed by atoms with van der Waals surface area (Å²) in [6, 6.07) is 5.00. The van der Waals surface area contributed by atoms with Gasteiger partial charge < -0.3 is 5.32 Å². The van der Waals surface area contributed by atoms with Crippen molar-refractivity contribution in [1.82, 2.24) is 14.8 Å². The van der Waals surface area contributed by atoms with Gasteiger partial charge in [0.15, 0.2) is 0 Å². The maximum atomic E-state index is 14.1. The van der Waals surface area contributed by atoms with Crippen LogP contribution in [0.25, 0.3) is 0 Å². The Balaban J connectivity index is 1.71. The molecule has 1 aromatic heterocycles. The van der Waals surface area contributed by atoms with Crippen molar-refractivity contribution in [3.8, 4) is 0 Å². The van der Waals surface area contributed by atoms with Crippen molar-refractivity contribution in [3.05, 3.63) is 42.5 Å². The summed E-state index contributed by atoms with van der Waals surface area (Å²) in [5, 5.41) is 6.51. The van der Waals surface area contributed by atoms with Gasteiger partial charge in [-0.25, -0.2) is 27.2 Å². The third kappa shape index (κ3) is 3.56. The van der Waals surface area contributed by atoms with Crippen LogP contribution in [0.15, 0.2) is 36.9 Å². The van der Waals surface area contributed by atoms with Gasteiger partial charge in [0.2, 0.25) is 5.91 Å². The Morgan fingerprint density at radius 2 is 1.77 bits per heavy atom. The van der Waals surface area contributed by atoms with Gasteiger partial charge in [-0.15, -0.1) is 0 Å². The molecular weight excluding hydrogens is 352 g/mol. The molecular formula is C17H18F4N4O. The fourth-order valence-electron chi connectivity index (χ4n) is 3.04. The van der Waals surface area contributed by atoms with Gasteiger partial charge in [0.25, 0.3) is 0 Å². The zero-order chi connectivity index (χ0) is 18.8. The van der Waals surface area contributed by atoms with Crippen molar-refractivity contribution < 1.29 is 22.4 Å². The minimum Gasteiger partial charge on any atom is -0.324 e. The van der Waals surface area contributed by atoms with Crippen molar-refractivity contribution in [2.24, 2.45) is 0 Å². The Bertz CT molecular complexity index is 726. The highest BCUT2D eigenvalue weighted by Crippen LogP contribution is 2.40. The molecule has 2 unspecified atom stereocenters. The van der Waals surface area contributed by atoms with E-state index in [9.17, 15) is 22.4 Å². The van der Waals surface area contributed by atoms with E-state index >= 15 is 0 Å². The first-order chi connectivity index (χ1) is 12.4. The molecule has 1 aliphatic carbocycles. The fourth-order valence-corrected chi connectivity index (χ4v) is 3.04. The number of anilines is 1. The third-order valence-corrected chi connectivity index (χ3v) is 4.60. The fraction of sp³-hybridized carbons (Fsp3) is 0.471. The monoisotopic (exact) mass is 370 g/mol. The van der Waals surface area contributed by atoms with E-state index in [1.807, 2.05) is 0 Å². The molecule has 5 nitrogen and oxygen atoms in total. The highest BCUT2D eigenvalue weighted by molar-refractivity contribution is 5.93. The Hall–Kier alpha value is -2.45. The third-order valence-electron chi connectivity index (χ3n) is 4.60. The molecule has 1 heterocycles. The van der Waals surface area contributed by atoms with Gasteiger partial charge in [-0.05, 0) is 24.6 Å². The van der Waals surface area contributed by atoms with E-state index in [1.54, 1.807) is 6.92 Å². The van der Waals surface area contributed by atoms with Crippen LogP contribution in [0.4, 0.5) is 23.2 Å². The van der Waals surface area contributed by atoms with Gasteiger partial charge in [-0.3, -0.25) is 4.79 Å². The van der Waals surface area contributed by atoms with E-state index < -0.39 is 43.1 Å². The summed E-state index contributed by atoms with van der Waals surface area (Å²) in [5.41, 5.74) is 0.540. The number of aromatic nitrogens is 3. The summed E-state index contributed by atoms with van der Waals surface area (Å²) >= 11 is 0. The van der Waals surface area contributed by atoms with Gasteiger partial charge in [0.05, 0.1) is 5.92 Å². The molecule has 1 fully saturated rings. The van der Waals surface area contributed by atoms with Gasteiger partial charge >= 0.3 is 0 Å². The predicted molar refractivity (Wildman–Crippen MR) is 86.7 cm³/mol. The summed E-state index contributed by atoms with van der Waals surface area (Å²) in [6.45, 7) is 1.63. The minimum absolute atomic E-state index is 0.150. The van der Waals surface area contributed by atoms with Crippen molar-refractivity contribution in [3.63, 3.8) is 0 Å². The molecule has 140 valence electrons. The lowest BCUT2D eigenvalue weighted by Gasteiger charge is -2.34. The van der Waals surface area contributed by atoms with Crippen LogP contribution in [0.2, 0.25) is 0 Å². The molecule has 0 aliphatic heterocycles. The molecule has 0 saturated heterocycles. The molecule has 0 radical (unpaired) electrons. The molecule has 1 saturated carbocycles. The lowest BCUT2D eigenvalue weighted by Crippen LogP contribution is -2.43. The molecule has 26 heavy (non-hydrogen) atoms. The second-order valence-electron chi connectivity index (χ2n) is 6.35. The Kier molecular flexibility index (Phi) is 5.24.